The van der Waals surface area contributed by atoms with Gasteiger partial charge in [-0.05, 0) is 50.1 Å². The van der Waals surface area contributed by atoms with E-state index < -0.39 is 22.0 Å². The Hall–Kier alpha value is -2.42. The molecule has 2 aromatic rings. The van der Waals surface area contributed by atoms with Crippen molar-refractivity contribution in [2.45, 2.75) is 44.7 Å². The van der Waals surface area contributed by atoms with E-state index in [4.69, 9.17) is 11.6 Å². The van der Waals surface area contributed by atoms with E-state index in [1.165, 1.54) is 24.1 Å². The minimum Gasteiger partial charge on any atom is -0.355 e. The van der Waals surface area contributed by atoms with Crippen molar-refractivity contribution in [2.24, 2.45) is 0 Å². The van der Waals surface area contributed by atoms with Crippen LogP contribution in [0.1, 0.15) is 31.4 Å². The molecule has 0 spiro atoms. The van der Waals surface area contributed by atoms with Crippen LogP contribution in [0.5, 0.6) is 0 Å². The molecule has 174 valence electrons. The fraction of sp³-hybridized carbons (Fsp3) is 0.391. The molecule has 0 unspecified atom stereocenters. The summed E-state index contributed by atoms with van der Waals surface area (Å²) in [7, 11) is -2.50. The van der Waals surface area contributed by atoms with E-state index in [-0.39, 0.29) is 23.9 Å². The number of carbonyl (C=O) groups is 2. The molecule has 32 heavy (non-hydrogen) atoms. The molecule has 0 aliphatic rings. The van der Waals surface area contributed by atoms with Gasteiger partial charge in [0.25, 0.3) is 0 Å². The molecule has 0 radical (unpaired) electrons. The van der Waals surface area contributed by atoms with Crippen LogP contribution in [0.15, 0.2) is 53.4 Å². The lowest BCUT2D eigenvalue weighted by atomic mass is 10.1. The van der Waals surface area contributed by atoms with Crippen LogP contribution >= 0.6 is 11.6 Å². The lowest BCUT2D eigenvalue weighted by Gasteiger charge is -2.31. The second kappa shape index (κ2) is 11.4. The van der Waals surface area contributed by atoms with E-state index in [1.54, 1.807) is 43.3 Å². The van der Waals surface area contributed by atoms with E-state index in [9.17, 15) is 18.0 Å². The fourth-order valence-corrected chi connectivity index (χ4v) is 4.50. The Labute approximate surface area is 195 Å². The van der Waals surface area contributed by atoms with Gasteiger partial charge < -0.3 is 10.2 Å². The molecule has 9 heteroatoms. The molecule has 0 fully saturated rings. The standard InChI is InChI=1S/C23H30ClN3O4S/c1-5-21(23(29)25-6-2)27(15-18-9-11-19(24)12-10-18)22(28)16-26(4)32(30,31)20-13-7-17(3)8-14-20/h7-14,21H,5-6,15-16H2,1-4H3,(H,25,29)/t21-/m1/s1. The SMILES string of the molecule is CCNC(=O)[C@@H](CC)N(Cc1ccc(Cl)cc1)C(=O)CN(C)S(=O)(=O)c1ccc(C)cc1. The molecule has 0 heterocycles. The highest BCUT2D eigenvalue weighted by atomic mass is 35.5. The van der Waals surface area contributed by atoms with Gasteiger partial charge in [0.05, 0.1) is 11.4 Å². The largest absolute Gasteiger partial charge is 0.355 e. The molecule has 0 saturated heterocycles. The van der Waals surface area contributed by atoms with Gasteiger partial charge in [-0.2, -0.15) is 4.31 Å². The molecule has 7 nitrogen and oxygen atoms in total. The van der Waals surface area contributed by atoms with Gasteiger partial charge in [-0.25, -0.2) is 8.42 Å². The van der Waals surface area contributed by atoms with Crippen LogP contribution in [0.25, 0.3) is 0 Å². The molecule has 2 amide bonds. The summed E-state index contributed by atoms with van der Waals surface area (Å²) in [4.78, 5) is 27.5. The van der Waals surface area contributed by atoms with Crippen LogP contribution in [-0.2, 0) is 26.2 Å². The average molecular weight is 480 g/mol. The van der Waals surface area contributed by atoms with Crippen molar-refractivity contribution in [3.05, 3.63) is 64.7 Å². The topological polar surface area (TPSA) is 86.8 Å². The van der Waals surface area contributed by atoms with Crippen molar-refractivity contribution in [3.63, 3.8) is 0 Å². The number of halogens is 1. The highest BCUT2D eigenvalue weighted by molar-refractivity contribution is 7.89. The molecule has 2 aromatic carbocycles. The monoisotopic (exact) mass is 479 g/mol. The quantitative estimate of drug-likeness (QED) is 0.566. The van der Waals surface area contributed by atoms with Gasteiger partial charge >= 0.3 is 0 Å². The van der Waals surface area contributed by atoms with Crippen LogP contribution in [0, 0.1) is 6.92 Å². The van der Waals surface area contributed by atoms with Gasteiger partial charge in [-0.15, -0.1) is 0 Å². The Morgan fingerprint density at radius 1 is 1.03 bits per heavy atom. The van der Waals surface area contributed by atoms with Gasteiger partial charge in [0.2, 0.25) is 21.8 Å². The Kier molecular flexibility index (Phi) is 9.24. The number of hydrogen-bond acceptors (Lipinski definition) is 4. The second-order valence-corrected chi connectivity index (χ2v) is 10.0. The number of rotatable bonds is 10. The summed E-state index contributed by atoms with van der Waals surface area (Å²) in [6.07, 6.45) is 0.388. The summed E-state index contributed by atoms with van der Waals surface area (Å²) in [5.41, 5.74) is 1.72. The third-order valence-corrected chi connectivity index (χ3v) is 7.16. The van der Waals surface area contributed by atoms with E-state index in [2.05, 4.69) is 5.32 Å². The van der Waals surface area contributed by atoms with Crippen molar-refractivity contribution in [3.8, 4) is 0 Å². The average Bonchev–Trinajstić information content (AvgIpc) is 2.75. The van der Waals surface area contributed by atoms with E-state index in [0.717, 1.165) is 15.4 Å². The van der Waals surface area contributed by atoms with E-state index in [0.29, 0.717) is 18.0 Å². The number of likely N-dealkylation sites (N-methyl/N-ethyl adjacent to an activating group) is 2. The van der Waals surface area contributed by atoms with Crippen molar-refractivity contribution in [1.82, 2.24) is 14.5 Å². The first-order valence-electron chi connectivity index (χ1n) is 10.4. The first-order chi connectivity index (χ1) is 15.1. The maximum Gasteiger partial charge on any atom is 0.243 e. The number of nitrogens with one attached hydrogen (secondary N) is 1. The molecular formula is C23H30ClN3O4S. The number of carbonyl (C=O) groups excluding carboxylic acids is 2. The number of amides is 2. The van der Waals surface area contributed by atoms with Crippen LogP contribution in [0.3, 0.4) is 0 Å². The van der Waals surface area contributed by atoms with Gasteiger partial charge in [0.15, 0.2) is 0 Å². The Bertz CT molecular complexity index is 1020. The number of hydrogen-bond donors (Lipinski definition) is 1. The lowest BCUT2D eigenvalue weighted by Crippen LogP contribution is -2.51. The van der Waals surface area contributed by atoms with Gasteiger partial charge in [-0.1, -0.05) is 48.4 Å². The van der Waals surface area contributed by atoms with Crippen molar-refractivity contribution in [2.75, 3.05) is 20.1 Å². The molecule has 2 rings (SSSR count). The third-order valence-electron chi connectivity index (χ3n) is 5.09. The molecule has 0 bridgehead atoms. The molecule has 0 aliphatic heterocycles. The molecular weight excluding hydrogens is 450 g/mol. The van der Waals surface area contributed by atoms with Crippen LogP contribution in [0.4, 0.5) is 0 Å². The Morgan fingerprint density at radius 3 is 2.16 bits per heavy atom. The zero-order chi connectivity index (χ0) is 23.9. The van der Waals surface area contributed by atoms with E-state index >= 15 is 0 Å². The van der Waals surface area contributed by atoms with Crippen LogP contribution < -0.4 is 5.32 Å². The maximum atomic E-state index is 13.3. The summed E-state index contributed by atoms with van der Waals surface area (Å²) < 4.78 is 26.9. The van der Waals surface area contributed by atoms with Crippen LogP contribution in [-0.4, -0.2) is 55.6 Å². The minimum atomic E-state index is -3.86. The van der Waals surface area contributed by atoms with Gasteiger partial charge in [0.1, 0.15) is 6.04 Å². The Balaban J connectivity index is 2.30. The highest BCUT2D eigenvalue weighted by Gasteiger charge is 2.31. The number of nitrogens with zero attached hydrogens (tertiary/aromatic N) is 2. The third kappa shape index (κ3) is 6.54. The first kappa shape index (κ1) is 25.8. The molecule has 1 N–H and O–H groups in total. The smallest absolute Gasteiger partial charge is 0.243 e. The summed E-state index contributed by atoms with van der Waals surface area (Å²) in [6.45, 7) is 5.68. The zero-order valence-corrected chi connectivity index (χ0v) is 20.4. The normalized spacial score (nSPS) is 12.4. The molecule has 1 atom stereocenters. The zero-order valence-electron chi connectivity index (χ0n) is 18.8. The summed E-state index contributed by atoms with van der Waals surface area (Å²) >= 11 is 5.96. The Morgan fingerprint density at radius 2 is 1.62 bits per heavy atom. The minimum absolute atomic E-state index is 0.110. The number of aryl methyl sites for hydroxylation is 1. The molecule has 0 aromatic heterocycles. The fourth-order valence-electron chi connectivity index (χ4n) is 3.25. The maximum absolute atomic E-state index is 13.3. The summed E-state index contributed by atoms with van der Waals surface area (Å²) in [5, 5.41) is 3.32. The predicted octanol–water partition coefficient (Wildman–Crippen LogP) is 3.21. The molecule has 0 saturated carbocycles. The van der Waals surface area contributed by atoms with E-state index in [1.807, 2.05) is 13.8 Å². The van der Waals surface area contributed by atoms with Gasteiger partial charge in [0, 0.05) is 25.2 Å². The predicted molar refractivity (Wildman–Crippen MR) is 126 cm³/mol. The van der Waals surface area contributed by atoms with Crippen molar-refractivity contribution < 1.29 is 18.0 Å². The number of benzene rings is 2. The second-order valence-electron chi connectivity index (χ2n) is 7.54. The first-order valence-corrected chi connectivity index (χ1v) is 12.3. The summed E-state index contributed by atoms with van der Waals surface area (Å²) in [5.74, 6) is -0.738. The van der Waals surface area contributed by atoms with Crippen molar-refractivity contribution in [1.29, 1.82) is 0 Å². The van der Waals surface area contributed by atoms with Gasteiger partial charge in [-0.3, -0.25) is 9.59 Å². The van der Waals surface area contributed by atoms with Crippen molar-refractivity contribution >= 4 is 33.4 Å². The highest BCUT2D eigenvalue weighted by Crippen LogP contribution is 2.18. The number of sulfonamides is 1. The molecule has 0 aliphatic carbocycles. The summed E-state index contributed by atoms with van der Waals surface area (Å²) in [6, 6.07) is 12.7. The lowest BCUT2D eigenvalue weighted by molar-refractivity contribution is -0.141. The van der Waals surface area contributed by atoms with Crippen LogP contribution in [0.2, 0.25) is 5.02 Å².